The predicted molar refractivity (Wildman–Crippen MR) is 60.4 cm³/mol. The predicted octanol–water partition coefficient (Wildman–Crippen LogP) is -0.0540. The first-order valence-corrected chi connectivity index (χ1v) is 3.55. The minimum atomic E-state index is -0.764. The molecule has 1 rings (SSSR count). The fourth-order valence-corrected chi connectivity index (χ4v) is 0.734. The largest absolute Gasteiger partial charge is 0.351 e. The van der Waals surface area contributed by atoms with Crippen molar-refractivity contribution in [1.29, 1.82) is 5.41 Å². The third-order valence-corrected chi connectivity index (χ3v) is 1.25. The molecule has 0 aromatic carbocycles. The number of aromatic nitrogens is 2. The van der Waals surface area contributed by atoms with Crippen LogP contribution >= 0.6 is 24.8 Å². The Hall–Kier alpha value is -1.47. The van der Waals surface area contributed by atoms with Crippen LogP contribution < -0.4 is 16.4 Å². The molecule has 0 aliphatic heterocycles. The summed E-state index contributed by atoms with van der Waals surface area (Å²) in [6.45, 7) is 0.364. The maximum Gasteiger partial charge on any atom is 0.318 e. The maximum absolute atomic E-state index is 10.3. The van der Waals surface area contributed by atoms with Crippen LogP contribution in [0.3, 0.4) is 0 Å². The molecule has 7 nitrogen and oxygen atoms in total. The lowest BCUT2D eigenvalue weighted by atomic mass is 10.5. The van der Waals surface area contributed by atoms with E-state index in [0.717, 1.165) is 5.69 Å². The van der Waals surface area contributed by atoms with Crippen molar-refractivity contribution in [2.75, 3.05) is 0 Å². The van der Waals surface area contributed by atoms with Crippen molar-refractivity contribution >= 4 is 36.8 Å². The number of primary amides is 1. The lowest BCUT2D eigenvalue weighted by molar-refractivity contribution is 0.252. The topological polar surface area (TPSA) is 120 Å². The zero-order valence-electron chi connectivity index (χ0n) is 7.61. The number of hydrogen-bond donors (Lipinski definition) is 5. The van der Waals surface area contributed by atoms with Crippen molar-refractivity contribution in [2.45, 2.75) is 6.54 Å². The normalized spacial score (nSPS) is 8.00. The Labute approximate surface area is 98.5 Å². The van der Waals surface area contributed by atoms with Gasteiger partial charge in [0.05, 0.1) is 18.6 Å². The van der Waals surface area contributed by atoms with E-state index in [9.17, 15) is 4.79 Å². The summed E-state index contributed by atoms with van der Waals surface area (Å²) in [6, 6.07) is -0.764. The smallest absolute Gasteiger partial charge is 0.318 e. The number of carbonyl (C=O) groups is 1. The van der Waals surface area contributed by atoms with Crippen molar-refractivity contribution in [3.05, 3.63) is 18.2 Å². The quantitative estimate of drug-likeness (QED) is 0.376. The van der Waals surface area contributed by atoms with E-state index in [1.165, 1.54) is 6.33 Å². The molecule has 6 N–H and O–H groups in total. The molecule has 0 unspecified atom stereocenters. The first kappa shape index (κ1) is 16.0. The molecule has 15 heavy (non-hydrogen) atoms. The molecular weight excluding hydrogens is 243 g/mol. The molecule has 2 amide bonds. The van der Waals surface area contributed by atoms with Crippen molar-refractivity contribution in [2.24, 2.45) is 5.73 Å². The summed E-state index contributed by atoms with van der Waals surface area (Å²) in [5, 5.41) is 11.8. The Kier molecular flexibility index (Phi) is 8.40. The fourth-order valence-electron chi connectivity index (χ4n) is 0.734. The number of urea groups is 1. The van der Waals surface area contributed by atoms with E-state index in [4.69, 9.17) is 11.1 Å². The number of halogens is 2. The van der Waals surface area contributed by atoms with Gasteiger partial charge in [-0.05, 0) is 0 Å². The second-order valence-corrected chi connectivity index (χ2v) is 2.28. The van der Waals surface area contributed by atoms with Gasteiger partial charge in [0.15, 0.2) is 5.96 Å². The summed E-state index contributed by atoms with van der Waals surface area (Å²) in [5.74, 6) is -0.143. The second kappa shape index (κ2) is 7.89. The van der Waals surface area contributed by atoms with Gasteiger partial charge in [-0.1, -0.05) is 0 Å². The minimum absolute atomic E-state index is 0. The number of amides is 2. The molecule has 0 radical (unpaired) electrons. The molecule has 0 bridgehead atoms. The van der Waals surface area contributed by atoms with Crippen LogP contribution in [0.1, 0.15) is 5.69 Å². The summed E-state index contributed by atoms with van der Waals surface area (Å²) >= 11 is 0. The molecule has 0 aliphatic rings. The molecule has 86 valence electrons. The summed E-state index contributed by atoms with van der Waals surface area (Å²) in [5.41, 5.74) is 5.54. The number of rotatable bonds is 2. The number of nitrogens with one attached hydrogen (secondary N) is 4. The minimum Gasteiger partial charge on any atom is -0.351 e. The molecule has 0 spiro atoms. The molecule has 1 aromatic heterocycles. The average molecular weight is 255 g/mol. The first-order chi connectivity index (χ1) is 6.18. The van der Waals surface area contributed by atoms with Gasteiger partial charge in [0.1, 0.15) is 0 Å². The van der Waals surface area contributed by atoms with Crippen LogP contribution in [0, 0.1) is 5.41 Å². The summed E-state index contributed by atoms with van der Waals surface area (Å²) in [7, 11) is 0. The number of aromatic amines is 1. The number of imidazole rings is 1. The Bertz CT molecular complexity index is 301. The SMILES string of the molecule is Cl.Cl.N=C(NCc1c[nH]cn1)NC(N)=O. The number of nitrogens with zero attached hydrogens (tertiary/aromatic N) is 1. The van der Waals surface area contributed by atoms with Crippen molar-refractivity contribution in [1.82, 2.24) is 20.6 Å². The van der Waals surface area contributed by atoms with E-state index in [1.807, 2.05) is 0 Å². The monoisotopic (exact) mass is 254 g/mol. The lowest BCUT2D eigenvalue weighted by Gasteiger charge is -2.04. The Morgan fingerprint density at radius 3 is 2.73 bits per heavy atom. The van der Waals surface area contributed by atoms with Gasteiger partial charge in [-0.25, -0.2) is 9.78 Å². The van der Waals surface area contributed by atoms with E-state index in [2.05, 4.69) is 20.6 Å². The highest BCUT2D eigenvalue weighted by molar-refractivity contribution is 5.93. The number of hydrogen-bond acceptors (Lipinski definition) is 3. The summed E-state index contributed by atoms with van der Waals surface area (Å²) < 4.78 is 0. The molecule has 0 saturated heterocycles. The van der Waals surface area contributed by atoms with Gasteiger partial charge in [-0.15, -0.1) is 24.8 Å². The molecule has 1 heterocycles. The van der Waals surface area contributed by atoms with Crippen LogP contribution in [-0.4, -0.2) is 22.0 Å². The highest BCUT2D eigenvalue weighted by Gasteiger charge is 1.99. The third kappa shape index (κ3) is 6.58. The number of carbonyl (C=O) groups excluding carboxylic acids is 1. The van der Waals surface area contributed by atoms with Crippen LogP contribution in [0.25, 0.3) is 0 Å². The van der Waals surface area contributed by atoms with E-state index >= 15 is 0 Å². The summed E-state index contributed by atoms with van der Waals surface area (Å²) in [4.78, 5) is 16.9. The van der Waals surface area contributed by atoms with Gasteiger partial charge in [0.2, 0.25) is 0 Å². The van der Waals surface area contributed by atoms with Crippen LogP contribution in [0.4, 0.5) is 4.79 Å². The molecule has 9 heteroatoms. The van der Waals surface area contributed by atoms with Gasteiger partial charge in [-0.2, -0.15) is 0 Å². The first-order valence-electron chi connectivity index (χ1n) is 3.55. The lowest BCUT2D eigenvalue weighted by Crippen LogP contribution is -2.42. The van der Waals surface area contributed by atoms with Crippen molar-refractivity contribution in [3.63, 3.8) is 0 Å². The van der Waals surface area contributed by atoms with Gasteiger partial charge in [0.25, 0.3) is 0 Å². The molecular formula is C6H12Cl2N6O. The fraction of sp³-hybridized carbons (Fsp3) is 0.167. The number of H-pyrrole nitrogens is 1. The Balaban J connectivity index is 0. The van der Waals surface area contributed by atoms with Crippen LogP contribution in [0.2, 0.25) is 0 Å². The zero-order valence-corrected chi connectivity index (χ0v) is 9.24. The molecule has 0 fully saturated rings. The standard InChI is InChI=1S/C6H10N6O.2ClH/c7-5(12-6(8)13)10-2-4-1-9-3-11-4;;/h1,3H,2H2,(H,9,11)(H5,7,8,10,12,13);2*1H. The van der Waals surface area contributed by atoms with Crippen molar-refractivity contribution in [3.8, 4) is 0 Å². The third-order valence-electron chi connectivity index (χ3n) is 1.25. The Morgan fingerprint density at radius 1 is 1.60 bits per heavy atom. The molecule has 1 aromatic rings. The van der Waals surface area contributed by atoms with Crippen LogP contribution in [-0.2, 0) is 6.54 Å². The van der Waals surface area contributed by atoms with Crippen molar-refractivity contribution < 1.29 is 4.79 Å². The van der Waals surface area contributed by atoms with E-state index in [0.29, 0.717) is 6.54 Å². The van der Waals surface area contributed by atoms with E-state index in [-0.39, 0.29) is 30.8 Å². The molecule has 0 aliphatic carbocycles. The van der Waals surface area contributed by atoms with Gasteiger partial charge >= 0.3 is 6.03 Å². The Morgan fingerprint density at radius 2 is 2.27 bits per heavy atom. The zero-order chi connectivity index (χ0) is 9.68. The van der Waals surface area contributed by atoms with Gasteiger partial charge in [0, 0.05) is 6.20 Å². The van der Waals surface area contributed by atoms with E-state index in [1.54, 1.807) is 6.20 Å². The number of nitrogens with two attached hydrogens (primary N) is 1. The highest BCUT2D eigenvalue weighted by atomic mass is 35.5. The van der Waals surface area contributed by atoms with E-state index < -0.39 is 6.03 Å². The van der Waals surface area contributed by atoms with Crippen LogP contribution in [0.15, 0.2) is 12.5 Å². The van der Waals surface area contributed by atoms with Gasteiger partial charge in [-0.3, -0.25) is 10.7 Å². The van der Waals surface area contributed by atoms with Gasteiger partial charge < -0.3 is 16.0 Å². The number of guanidine groups is 1. The second-order valence-electron chi connectivity index (χ2n) is 2.28. The maximum atomic E-state index is 10.3. The summed E-state index contributed by atoms with van der Waals surface area (Å²) in [6.07, 6.45) is 3.21. The molecule has 0 atom stereocenters. The average Bonchev–Trinajstić information content (AvgIpc) is 2.51. The highest BCUT2D eigenvalue weighted by Crippen LogP contribution is 1.87. The van der Waals surface area contributed by atoms with Crippen LogP contribution in [0.5, 0.6) is 0 Å². The molecule has 0 saturated carbocycles.